The third-order valence-corrected chi connectivity index (χ3v) is 5.95. The fraction of sp³-hybridized carbons (Fsp3) is 0.250. The average Bonchev–Trinajstić information content (AvgIpc) is 2.96. The quantitative estimate of drug-likeness (QED) is 0.634. The monoisotopic (exact) mass is 419 g/mol. The first-order chi connectivity index (χ1) is 13.8. The zero-order valence-electron chi connectivity index (χ0n) is 16.6. The summed E-state index contributed by atoms with van der Waals surface area (Å²) in [5, 5.41) is 4.37. The van der Waals surface area contributed by atoms with Gasteiger partial charge in [-0.05, 0) is 32.0 Å². The molecule has 0 radical (unpaired) electrons. The topological polar surface area (TPSA) is 82.5 Å². The summed E-state index contributed by atoms with van der Waals surface area (Å²) in [5.41, 5.74) is 1.86. The van der Waals surface area contributed by atoms with Gasteiger partial charge in [0.05, 0.1) is 37.8 Å². The van der Waals surface area contributed by atoms with Crippen molar-refractivity contribution in [3.63, 3.8) is 0 Å². The molecule has 9 heteroatoms. The Morgan fingerprint density at radius 1 is 1.10 bits per heavy atom. The van der Waals surface area contributed by atoms with Crippen LogP contribution in [0.2, 0.25) is 0 Å². The summed E-state index contributed by atoms with van der Waals surface area (Å²) < 4.78 is 54.4. The van der Waals surface area contributed by atoms with Crippen LogP contribution in [-0.4, -0.2) is 32.4 Å². The Bertz CT molecular complexity index is 1140. The van der Waals surface area contributed by atoms with Gasteiger partial charge in [-0.3, -0.25) is 9.40 Å². The minimum absolute atomic E-state index is 0.0264. The standard InChI is InChI=1S/C20H22FN3O4S/c1-13-20(14(2)24(22-13)12-15-7-5-6-8-17(15)21)23-29(25,26)19-10-9-16(27-3)11-18(19)28-4/h5-11,23H,12H2,1-4H3. The van der Waals surface area contributed by atoms with E-state index in [0.717, 1.165) is 0 Å². The van der Waals surface area contributed by atoms with Crippen LogP contribution in [0.1, 0.15) is 17.0 Å². The van der Waals surface area contributed by atoms with E-state index in [1.165, 1.54) is 32.4 Å². The highest BCUT2D eigenvalue weighted by Gasteiger charge is 2.24. The van der Waals surface area contributed by atoms with Crippen molar-refractivity contribution >= 4 is 15.7 Å². The maximum absolute atomic E-state index is 14.0. The van der Waals surface area contributed by atoms with Crippen molar-refractivity contribution in [3.05, 3.63) is 65.2 Å². The smallest absolute Gasteiger partial charge is 0.265 e. The minimum atomic E-state index is -3.95. The number of aromatic nitrogens is 2. The van der Waals surface area contributed by atoms with Crippen LogP contribution in [0.5, 0.6) is 11.5 Å². The Morgan fingerprint density at radius 3 is 2.48 bits per heavy atom. The van der Waals surface area contributed by atoms with Crippen LogP contribution in [0, 0.1) is 19.7 Å². The summed E-state index contributed by atoms with van der Waals surface area (Å²) in [6.07, 6.45) is 0. The lowest BCUT2D eigenvalue weighted by molar-refractivity contribution is 0.386. The molecule has 0 amide bonds. The average molecular weight is 419 g/mol. The molecule has 0 atom stereocenters. The molecule has 0 bridgehead atoms. The molecule has 0 aliphatic rings. The number of rotatable bonds is 7. The first kappa shape index (κ1) is 20.7. The van der Waals surface area contributed by atoms with Crippen molar-refractivity contribution in [2.24, 2.45) is 0 Å². The molecule has 29 heavy (non-hydrogen) atoms. The summed E-state index contributed by atoms with van der Waals surface area (Å²) in [5.74, 6) is 0.293. The third kappa shape index (κ3) is 4.19. The number of anilines is 1. The lowest BCUT2D eigenvalue weighted by Gasteiger charge is -2.13. The molecule has 7 nitrogen and oxygen atoms in total. The molecule has 154 valence electrons. The van der Waals surface area contributed by atoms with Gasteiger partial charge in [-0.2, -0.15) is 5.10 Å². The van der Waals surface area contributed by atoms with Crippen molar-refractivity contribution in [1.29, 1.82) is 0 Å². The number of hydrogen-bond acceptors (Lipinski definition) is 5. The van der Waals surface area contributed by atoms with Gasteiger partial charge in [0.25, 0.3) is 10.0 Å². The van der Waals surface area contributed by atoms with Gasteiger partial charge in [0.15, 0.2) is 0 Å². The van der Waals surface area contributed by atoms with Gasteiger partial charge in [0.2, 0.25) is 0 Å². The Labute approximate surface area is 169 Å². The fourth-order valence-electron chi connectivity index (χ4n) is 2.97. The Morgan fingerprint density at radius 2 is 1.83 bits per heavy atom. The predicted molar refractivity (Wildman–Crippen MR) is 108 cm³/mol. The van der Waals surface area contributed by atoms with E-state index in [1.807, 2.05) is 0 Å². The molecular weight excluding hydrogens is 397 g/mol. The number of benzene rings is 2. The maximum atomic E-state index is 14.0. The van der Waals surface area contributed by atoms with Crippen LogP contribution < -0.4 is 14.2 Å². The SMILES string of the molecule is COc1ccc(S(=O)(=O)Nc2c(C)nn(Cc3ccccc3F)c2C)c(OC)c1. The predicted octanol–water partition coefficient (Wildman–Crippen LogP) is 3.51. The van der Waals surface area contributed by atoms with Gasteiger partial charge >= 0.3 is 0 Å². The number of ether oxygens (including phenoxy) is 2. The number of sulfonamides is 1. The second-order valence-electron chi connectivity index (χ2n) is 6.42. The molecule has 0 spiro atoms. The molecule has 3 aromatic rings. The summed E-state index contributed by atoms with van der Waals surface area (Å²) >= 11 is 0. The number of nitrogens with one attached hydrogen (secondary N) is 1. The van der Waals surface area contributed by atoms with E-state index in [1.54, 1.807) is 42.8 Å². The van der Waals surface area contributed by atoms with E-state index < -0.39 is 10.0 Å². The van der Waals surface area contributed by atoms with E-state index in [4.69, 9.17) is 9.47 Å². The first-order valence-corrected chi connectivity index (χ1v) is 10.3. The van der Waals surface area contributed by atoms with Crippen molar-refractivity contribution in [2.75, 3.05) is 18.9 Å². The number of hydrogen-bond donors (Lipinski definition) is 1. The lowest BCUT2D eigenvalue weighted by Crippen LogP contribution is -2.15. The molecule has 0 saturated carbocycles. The highest BCUT2D eigenvalue weighted by molar-refractivity contribution is 7.92. The van der Waals surface area contributed by atoms with E-state index in [-0.39, 0.29) is 23.0 Å². The molecule has 1 aromatic heterocycles. The first-order valence-electron chi connectivity index (χ1n) is 8.79. The molecule has 2 aromatic carbocycles. The van der Waals surface area contributed by atoms with Crippen LogP contribution in [0.15, 0.2) is 47.4 Å². The van der Waals surface area contributed by atoms with Crippen LogP contribution in [0.25, 0.3) is 0 Å². The lowest BCUT2D eigenvalue weighted by atomic mass is 10.2. The van der Waals surface area contributed by atoms with Gasteiger partial charge in [-0.1, -0.05) is 18.2 Å². The highest BCUT2D eigenvalue weighted by Crippen LogP contribution is 2.31. The van der Waals surface area contributed by atoms with Crippen LogP contribution in [-0.2, 0) is 16.6 Å². The van der Waals surface area contributed by atoms with Crippen molar-refractivity contribution in [3.8, 4) is 11.5 Å². The van der Waals surface area contributed by atoms with Gasteiger partial charge in [0.1, 0.15) is 22.2 Å². The molecule has 0 aliphatic carbocycles. The van der Waals surface area contributed by atoms with Crippen molar-refractivity contribution in [1.82, 2.24) is 9.78 Å². The van der Waals surface area contributed by atoms with Crippen molar-refractivity contribution < 1.29 is 22.3 Å². The maximum Gasteiger partial charge on any atom is 0.265 e. The molecule has 0 fully saturated rings. The van der Waals surface area contributed by atoms with E-state index >= 15 is 0 Å². The molecular formula is C20H22FN3O4S. The molecule has 1 N–H and O–H groups in total. The minimum Gasteiger partial charge on any atom is -0.497 e. The zero-order chi connectivity index (χ0) is 21.2. The third-order valence-electron chi connectivity index (χ3n) is 4.56. The Balaban J connectivity index is 1.94. The summed E-state index contributed by atoms with van der Waals surface area (Å²) in [4.78, 5) is -0.0264. The Kier molecular flexibility index (Phi) is 5.78. The van der Waals surface area contributed by atoms with Crippen molar-refractivity contribution in [2.45, 2.75) is 25.3 Å². The van der Waals surface area contributed by atoms with Gasteiger partial charge in [-0.25, -0.2) is 12.8 Å². The summed E-state index contributed by atoms with van der Waals surface area (Å²) in [7, 11) is -1.08. The molecule has 0 aliphatic heterocycles. The van der Waals surface area contributed by atoms with E-state index in [0.29, 0.717) is 28.4 Å². The Hall–Kier alpha value is -3.07. The number of aryl methyl sites for hydroxylation is 1. The largest absolute Gasteiger partial charge is 0.497 e. The summed E-state index contributed by atoms with van der Waals surface area (Å²) in [6.45, 7) is 3.60. The van der Waals surface area contributed by atoms with Crippen LogP contribution in [0.3, 0.4) is 0 Å². The molecule has 3 rings (SSSR count). The number of methoxy groups -OCH3 is 2. The van der Waals surface area contributed by atoms with Crippen LogP contribution >= 0.6 is 0 Å². The van der Waals surface area contributed by atoms with E-state index in [2.05, 4.69) is 9.82 Å². The molecule has 0 saturated heterocycles. The van der Waals surface area contributed by atoms with Gasteiger partial charge < -0.3 is 9.47 Å². The number of nitrogens with zero attached hydrogens (tertiary/aromatic N) is 2. The zero-order valence-corrected chi connectivity index (χ0v) is 17.4. The normalized spacial score (nSPS) is 11.3. The van der Waals surface area contributed by atoms with Crippen LogP contribution in [0.4, 0.5) is 10.1 Å². The van der Waals surface area contributed by atoms with Gasteiger partial charge in [-0.15, -0.1) is 0 Å². The summed E-state index contributed by atoms with van der Waals surface area (Å²) in [6, 6.07) is 10.8. The van der Waals surface area contributed by atoms with Gasteiger partial charge in [0, 0.05) is 11.6 Å². The molecule has 1 heterocycles. The molecule has 0 unspecified atom stereocenters. The number of halogens is 1. The fourth-order valence-corrected chi connectivity index (χ4v) is 4.30. The highest BCUT2D eigenvalue weighted by atomic mass is 32.2. The second kappa shape index (κ2) is 8.12. The second-order valence-corrected chi connectivity index (χ2v) is 8.07. The van der Waals surface area contributed by atoms with E-state index in [9.17, 15) is 12.8 Å².